The molecule has 0 aromatic carbocycles. The Labute approximate surface area is 123 Å². The van der Waals surface area contributed by atoms with Crippen molar-refractivity contribution in [1.82, 2.24) is 14.2 Å². The number of nitrogens with two attached hydrogens (primary N) is 1. The molecule has 1 atom stereocenters. The predicted octanol–water partition coefficient (Wildman–Crippen LogP) is -0.477. The summed E-state index contributed by atoms with van der Waals surface area (Å²) in [4.78, 5) is 6.02. The van der Waals surface area contributed by atoms with Gasteiger partial charge in [0.2, 0.25) is 10.0 Å². The zero-order chi connectivity index (χ0) is 15.5. The normalized spacial score (nSPS) is 20.3. The molecule has 21 heavy (non-hydrogen) atoms. The van der Waals surface area contributed by atoms with E-state index in [1.807, 2.05) is 11.8 Å². The summed E-state index contributed by atoms with van der Waals surface area (Å²) in [6.45, 7) is 3.59. The van der Waals surface area contributed by atoms with E-state index in [-0.39, 0.29) is 16.8 Å². The topological polar surface area (TPSA) is 112 Å². The van der Waals surface area contributed by atoms with Crippen LogP contribution in [0.4, 0.5) is 0 Å². The highest BCUT2D eigenvalue weighted by molar-refractivity contribution is 7.89. The van der Waals surface area contributed by atoms with E-state index in [4.69, 9.17) is 10.9 Å². The number of rotatable bonds is 4. The summed E-state index contributed by atoms with van der Waals surface area (Å²) in [7, 11) is -3.50. The number of pyridine rings is 1. The van der Waals surface area contributed by atoms with Crippen LogP contribution >= 0.6 is 0 Å². The molecule has 1 saturated heterocycles. The molecule has 9 heteroatoms. The van der Waals surface area contributed by atoms with Crippen molar-refractivity contribution in [1.29, 1.82) is 0 Å². The lowest BCUT2D eigenvalue weighted by atomic mass is 10.2. The van der Waals surface area contributed by atoms with E-state index in [2.05, 4.69) is 10.1 Å². The molecule has 0 spiro atoms. The molecule has 3 N–H and O–H groups in total. The van der Waals surface area contributed by atoms with Gasteiger partial charge < -0.3 is 10.9 Å². The molecule has 1 aliphatic heterocycles. The Morgan fingerprint density at radius 2 is 2.10 bits per heavy atom. The Balaban J connectivity index is 2.05. The average molecular weight is 313 g/mol. The van der Waals surface area contributed by atoms with Crippen LogP contribution in [0, 0.1) is 0 Å². The van der Waals surface area contributed by atoms with E-state index in [0.29, 0.717) is 26.2 Å². The lowest BCUT2D eigenvalue weighted by Gasteiger charge is -2.36. The van der Waals surface area contributed by atoms with Crippen molar-refractivity contribution < 1.29 is 13.6 Å². The van der Waals surface area contributed by atoms with Crippen molar-refractivity contribution in [3.8, 4) is 0 Å². The summed E-state index contributed by atoms with van der Waals surface area (Å²) in [6, 6.07) is 2.91. The van der Waals surface area contributed by atoms with Crippen molar-refractivity contribution in [2.45, 2.75) is 17.9 Å². The molecule has 1 unspecified atom stereocenters. The maximum atomic E-state index is 12.4. The quantitative estimate of drug-likeness (QED) is 0.336. The van der Waals surface area contributed by atoms with Crippen molar-refractivity contribution >= 4 is 15.9 Å². The minimum absolute atomic E-state index is 0.124. The number of nitrogens with zero attached hydrogens (tertiary/aromatic N) is 4. The number of sulfonamides is 1. The largest absolute Gasteiger partial charge is 0.409 e. The average Bonchev–Trinajstić information content (AvgIpc) is 2.54. The van der Waals surface area contributed by atoms with Gasteiger partial charge >= 0.3 is 0 Å². The molecule has 2 rings (SSSR count). The Kier molecular flexibility index (Phi) is 4.76. The van der Waals surface area contributed by atoms with E-state index in [1.54, 1.807) is 6.07 Å². The molecule has 0 saturated carbocycles. The molecule has 0 amide bonds. The highest BCUT2D eigenvalue weighted by Crippen LogP contribution is 2.17. The zero-order valence-corrected chi connectivity index (χ0v) is 12.6. The zero-order valence-electron chi connectivity index (χ0n) is 11.8. The molecule has 1 aromatic heterocycles. The van der Waals surface area contributed by atoms with Crippen LogP contribution in [0.25, 0.3) is 0 Å². The fourth-order valence-electron chi connectivity index (χ4n) is 2.25. The van der Waals surface area contributed by atoms with Crippen LogP contribution in [0.3, 0.4) is 0 Å². The SMILES string of the molecule is CC(C(N)=NO)N1CCN(S(=O)(=O)c2cccnc2)CC1. The first-order valence-corrected chi connectivity index (χ1v) is 8.02. The second kappa shape index (κ2) is 6.37. The third kappa shape index (κ3) is 3.31. The van der Waals surface area contributed by atoms with E-state index < -0.39 is 10.0 Å². The van der Waals surface area contributed by atoms with Gasteiger partial charge in [-0.3, -0.25) is 9.88 Å². The summed E-state index contributed by atoms with van der Waals surface area (Å²) < 4.78 is 26.3. The molecular weight excluding hydrogens is 294 g/mol. The van der Waals surface area contributed by atoms with Crippen LogP contribution in [0.15, 0.2) is 34.6 Å². The Morgan fingerprint density at radius 3 is 2.62 bits per heavy atom. The maximum Gasteiger partial charge on any atom is 0.244 e. The summed E-state index contributed by atoms with van der Waals surface area (Å²) in [5, 5.41) is 11.7. The second-order valence-electron chi connectivity index (χ2n) is 4.83. The highest BCUT2D eigenvalue weighted by atomic mass is 32.2. The predicted molar refractivity (Wildman–Crippen MR) is 77.4 cm³/mol. The number of aromatic nitrogens is 1. The molecule has 0 bridgehead atoms. The first-order valence-electron chi connectivity index (χ1n) is 6.58. The third-order valence-electron chi connectivity index (χ3n) is 3.64. The Bertz CT molecular complexity index is 597. The van der Waals surface area contributed by atoms with Crippen LogP contribution in [0.5, 0.6) is 0 Å². The molecule has 116 valence electrons. The Hall–Kier alpha value is -1.71. The monoisotopic (exact) mass is 313 g/mol. The van der Waals surface area contributed by atoms with Gasteiger partial charge in [-0.1, -0.05) is 5.16 Å². The first-order chi connectivity index (χ1) is 9.96. The van der Waals surface area contributed by atoms with Gasteiger partial charge in [0, 0.05) is 38.6 Å². The van der Waals surface area contributed by atoms with Gasteiger partial charge in [-0.2, -0.15) is 4.31 Å². The maximum absolute atomic E-state index is 12.4. The molecule has 1 aromatic rings. The van der Waals surface area contributed by atoms with E-state index in [9.17, 15) is 8.42 Å². The molecular formula is C12H19N5O3S. The van der Waals surface area contributed by atoms with Crippen LogP contribution in [-0.2, 0) is 10.0 Å². The van der Waals surface area contributed by atoms with Crippen LogP contribution < -0.4 is 5.73 Å². The highest BCUT2D eigenvalue weighted by Gasteiger charge is 2.30. The van der Waals surface area contributed by atoms with Crippen molar-refractivity contribution in [3.05, 3.63) is 24.5 Å². The minimum atomic E-state index is -3.50. The van der Waals surface area contributed by atoms with Crippen LogP contribution in [0.1, 0.15) is 6.92 Å². The number of amidine groups is 1. The van der Waals surface area contributed by atoms with Crippen molar-refractivity contribution in [2.75, 3.05) is 26.2 Å². The smallest absolute Gasteiger partial charge is 0.244 e. The van der Waals surface area contributed by atoms with Crippen molar-refractivity contribution in [2.24, 2.45) is 10.9 Å². The molecule has 8 nitrogen and oxygen atoms in total. The minimum Gasteiger partial charge on any atom is -0.409 e. The van der Waals surface area contributed by atoms with Crippen molar-refractivity contribution in [3.63, 3.8) is 0 Å². The number of piperazine rings is 1. The third-order valence-corrected chi connectivity index (χ3v) is 5.52. The number of oxime groups is 1. The lowest BCUT2D eigenvalue weighted by Crippen LogP contribution is -2.54. The molecule has 2 heterocycles. The van der Waals surface area contributed by atoms with Gasteiger partial charge in [0.1, 0.15) is 4.90 Å². The number of hydrogen-bond donors (Lipinski definition) is 2. The Morgan fingerprint density at radius 1 is 1.43 bits per heavy atom. The summed E-state index contributed by atoms with van der Waals surface area (Å²) in [6.07, 6.45) is 2.89. The molecule has 1 fully saturated rings. The number of hydrogen-bond acceptors (Lipinski definition) is 6. The van der Waals surface area contributed by atoms with Gasteiger partial charge in [-0.25, -0.2) is 8.42 Å². The fourth-order valence-corrected chi connectivity index (χ4v) is 3.64. The second-order valence-corrected chi connectivity index (χ2v) is 6.77. The van der Waals surface area contributed by atoms with Gasteiger partial charge in [-0.15, -0.1) is 0 Å². The van der Waals surface area contributed by atoms with Gasteiger partial charge in [0.05, 0.1) is 6.04 Å². The van der Waals surface area contributed by atoms with E-state index in [0.717, 1.165) is 0 Å². The fraction of sp³-hybridized carbons (Fsp3) is 0.500. The van der Waals surface area contributed by atoms with Crippen LogP contribution in [0.2, 0.25) is 0 Å². The van der Waals surface area contributed by atoms with E-state index >= 15 is 0 Å². The standard InChI is InChI=1S/C12H19N5O3S/c1-10(12(13)15-18)16-5-7-17(8-6-16)21(19,20)11-3-2-4-14-9-11/h2-4,9-10,18H,5-8H2,1H3,(H2,13,15). The first kappa shape index (κ1) is 15.7. The van der Waals surface area contributed by atoms with Gasteiger partial charge in [0.15, 0.2) is 5.84 Å². The molecule has 0 radical (unpaired) electrons. The summed E-state index contributed by atoms with van der Waals surface area (Å²) in [5.41, 5.74) is 5.58. The molecule has 0 aliphatic carbocycles. The molecule has 1 aliphatic rings. The van der Waals surface area contributed by atoms with Crippen LogP contribution in [-0.4, -0.2) is 65.9 Å². The van der Waals surface area contributed by atoms with E-state index in [1.165, 1.54) is 22.8 Å². The van der Waals surface area contributed by atoms with Gasteiger partial charge in [0.25, 0.3) is 0 Å². The lowest BCUT2D eigenvalue weighted by molar-refractivity contribution is 0.171. The summed E-state index contributed by atoms with van der Waals surface area (Å²) in [5.74, 6) is 0.124. The summed E-state index contributed by atoms with van der Waals surface area (Å²) >= 11 is 0. The van der Waals surface area contributed by atoms with Gasteiger partial charge in [-0.05, 0) is 19.1 Å².